The summed E-state index contributed by atoms with van der Waals surface area (Å²) in [7, 11) is 1.64. The van der Waals surface area contributed by atoms with E-state index in [1.54, 1.807) is 7.11 Å². The molecule has 0 aliphatic rings. The van der Waals surface area contributed by atoms with Crippen molar-refractivity contribution in [2.75, 3.05) is 7.11 Å². The molecular weight excluding hydrogens is 256 g/mol. The van der Waals surface area contributed by atoms with E-state index < -0.39 is 0 Å². The first-order valence-corrected chi connectivity index (χ1v) is 5.40. The lowest BCUT2D eigenvalue weighted by Crippen LogP contribution is -1.95. The van der Waals surface area contributed by atoms with E-state index in [0.717, 1.165) is 32.6 Å². The van der Waals surface area contributed by atoms with Crippen molar-refractivity contribution in [2.24, 2.45) is 0 Å². The molecule has 78 valence electrons. The molecule has 0 saturated carbocycles. The van der Waals surface area contributed by atoms with Gasteiger partial charge in [-0.2, -0.15) is 0 Å². The molecule has 0 amide bonds. The minimum atomic E-state index is 0.778. The largest absolute Gasteiger partial charge is 0.495 e. The molecule has 3 nitrogen and oxygen atoms in total. The van der Waals surface area contributed by atoms with Crippen molar-refractivity contribution in [3.05, 3.63) is 28.0 Å². The van der Waals surface area contributed by atoms with E-state index >= 15 is 0 Å². The van der Waals surface area contributed by atoms with Gasteiger partial charge in [0.25, 0.3) is 0 Å². The van der Waals surface area contributed by atoms with E-state index in [4.69, 9.17) is 4.74 Å². The Kier molecular flexibility index (Phi) is 2.61. The van der Waals surface area contributed by atoms with Gasteiger partial charge in [0, 0.05) is 0 Å². The van der Waals surface area contributed by atoms with Crippen LogP contribution < -0.4 is 4.74 Å². The summed E-state index contributed by atoms with van der Waals surface area (Å²) in [5.41, 5.74) is 3.62. The Bertz CT molecular complexity index is 525. The Balaban J connectivity index is 2.81. The lowest BCUT2D eigenvalue weighted by Gasteiger charge is -2.07. The summed E-state index contributed by atoms with van der Waals surface area (Å²) in [5.74, 6) is 0.778. The third kappa shape index (κ3) is 1.69. The number of ether oxygens (including phenoxy) is 1. The number of aryl methyl sites for hydroxylation is 2. The Morgan fingerprint density at radius 1 is 1.13 bits per heavy atom. The second-order valence-electron chi connectivity index (χ2n) is 3.34. The molecule has 0 atom stereocenters. The summed E-state index contributed by atoms with van der Waals surface area (Å²) in [6, 6.07) is 3.80. The minimum Gasteiger partial charge on any atom is -0.495 e. The first-order valence-electron chi connectivity index (χ1n) is 4.61. The van der Waals surface area contributed by atoms with Crippen molar-refractivity contribution >= 4 is 27.0 Å². The van der Waals surface area contributed by atoms with Gasteiger partial charge in [0.1, 0.15) is 11.3 Å². The van der Waals surface area contributed by atoms with Gasteiger partial charge in [0.2, 0.25) is 0 Å². The SMILES string of the molecule is COc1ccc2nc(C)c(C)nc2c1Br. The molecular formula is C11H11BrN2O. The van der Waals surface area contributed by atoms with Crippen molar-refractivity contribution < 1.29 is 4.74 Å². The van der Waals surface area contributed by atoms with Gasteiger partial charge in [0.05, 0.1) is 28.5 Å². The first kappa shape index (κ1) is 10.4. The fraction of sp³-hybridized carbons (Fsp3) is 0.273. The van der Waals surface area contributed by atoms with Crippen molar-refractivity contribution in [3.8, 4) is 5.75 Å². The lowest BCUT2D eigenvalue weighted by molar-refractivity contribution is 0.413. The van der Waals surface area contributed by atoms with E-state index in [9.17, 15) is 0 Å². The zero-order valence-corrected chi connectivity index (χ0v) is 10.4. The number of hydrogen-bond acceptors (Lipinski definition) is 3. The molecule has 1 aromatic heterocycles. The lowest BCUT2D eigenvalue weighted by atomic mass is 10.2. The standard InChI is InChI=1S/C11H11BrN2O/c1-6-7(2)14-11-8(13-6)4-5-9(15-3)10(11)12/h4-5H,1-3H3. The van der Waals surface area contributed by atoms with Crippen LogP contribution in [0.5, 0.6) is 5.75 Å². The number of fused-ring (bicyclic) bond motifs is 1. The maximum atomic E-state index is 5.21. The van der Waals surface area contributed by atoms with Crippen LogP contribution in [0.3, 0.4) is 0 Å². The number of halogens is 1. The van der Waals surface area contributed by atoms with Gasteiger partial charge in [0.15, 0.2) is 0 Å². The summed E-state index contributed by atoms with van der Waals surface area (Å²) in [4.78, 5) is 8.96. The predicted molar refractivity (Wildman–Crippen MR) is 63.3 cm³/mol. The highest BCUT2D eigenvalue weighted by Gasteiger charge is 2.09. The number of benzene rings is 1. The van der Waals surface area contributed by atoms with E-state index in [-0.39, 0.29) is 0 Å². The fourth-order valence-corrected chi connectivity index (χ4v) is 1.99. The van der Waals surface area contributed by atoms with E-state index in [1.165, 1.54) is 0 Å². The summed E-state index contributed by atoms with van der Waals surface area (Å²) in [6.07, 6.45) is 0. The van der Waals surface area contributed by atoms with Crippen LogP contribution in [0.25, 0.3) is 11.0 Å². The van der Waals surface area contributed by atoms with Crippen LogP contribution in [0.4, 0.5) is 0 Å². The van der Waals surface area contributed by atoms with Gasteiger partial charge < -0.3 is 4.74 Å². The van der Waals surface area contributed by atoms with Gasteiger partial charge in [-0.1, -0.05) is 0 Å². The summed E-state index contributed by atoms with van der Waals surface area (Å²) in [6.45, 7) is 3.91. The zero-order valence-electron chi connectivity index (χ0n) is 8.84. The monoisotopic (exact) mass is 266 g/mol. The van der Waals surface area contributed by atoms with E-state index in [1.807, 2.05) is 26.0 Å². The first-order chi connectivity index (χ1) is 7.13. The Morgan fingerprint density at radius 2 is 1.80 bits per heavy atom. The smallest absolute Gasteiger partial charge is 0.135 e. The Morgan fingerprint density at radius 3 is 2.47 bits per heavy atom. The Hall–Kier alpha value is -1.16. The summed E-state index contributed by atoms with van der Waals surface area (Å²) >= 11 is 3.47. The van der Waals surface area contributed by atoms with Crippen molar-refractivity contribution in [1.29, 1.82) is 0 Å². The van der Waals surface area contributed by atoms with Crippen LogP contribution in [0.2, 0.25) is 0 Å². The van der Waals surface area contributed by atoms with Gasteiger partial charge in [-0.15, -0.1) is 0 Å². The summed E-state index contributed by atoms with van der Waals surface area (Å²) in [5, 5.41) is 0. The molecule has 0 aliphatic heterocycles. The van der Waals surface area contributed by atoms with Gasteiger partial charge >= 0.3 is 0 Å². The average molecular weight is 267 g/mol. The van der Waals surface area contributed by atoms with Crippen molar-refractivity contribution in [2.45, 2.75) is 13.8 Å². The summed E-state index contributed by atoms with van der Waals surface area (Å²) < 4.78 is 6.07. The maximum Gasteiger partial charge on any atom is 0.135 e. The third-order valence-electron chi connectivity index (χ3n) is 2.37. The highest BCUT2D eigenvalue weighted by Crippen LogP contribution is 2.31. The molecule has 1 aromatic carbocycles. The second kappa shape index (κ2) is 3.77. The van der Waals surface area contributed by atoms with Crippen LogP contribution in [-0.4, -0.2) is 17.1 Å². The maximum absolute atomic E-state index is 5.21. The van der Waals surface area contributed by atoms with Crippen LogP contribution >= 0.6 is 15.9 Å². The van der Waals surface area contributed by atoms with Gasteiger partial charge in [-0.05, 0) is 41.9 Å². The molecule has 4 heteroatoms. The molecule has 0 aliphatic carbocycles. The topological polar surface area (TPSA) is 35.0 Å². The molecule has 2 aromatic rings. The Labute approximate surface area is 96.6 Å². The number of aromatic nitrogens is 2. The molecule has 15 heavy (non-hydrogen) atoms. The van der Waals surface area contributed by atoms with E-state index in [0.29, 0.717) is 0 Å². The highest BCUT2D eigenvalue weighted by molar-refractivity contribution is 9.10. The van der Waals surface area contributed by atoms with Crippen molar-refractivity contribution in [3.63, 3.8) is 0 Å². The minimum absolute atomic E-state index is 0.778. The van der Waals surface area contributed by atoms with Gasteiger partial charge in [-0.25, -0.2) is 9.97 Å². The van der Waals surface area contributed by atoms with Crippen LogP contribution in [0.15, 0.2) is 16.6 Å². The molecule has 0 fully saturated rings. The third-order valence-corrected chi connectivity index (χ3v) is 3.14. The quantitative estimate of drug-likeness (QED) is 0.796. The molecule has 1 heterocycles. The molecule has 0 saturated heterocycles. The normalized spacial score (nSPS) is 10.7. The average Bonchev–Trinajstić information content (AvgIpc) is 2.22. The molecule has 0 radical (unpaired) electrons. The molecule has 0 spiro atoms. The molecule has 2 rings (SSSR count). The zero-order chi connectivity index (χ0) is 11.0. The van der Waals surface area contributed by atoms with Crippen LogP contribution in [0.1, 0.15) is 11.4 Å². The number of methoxy groups -OCH3 is 1. The van der Waals surface area contributed by atoms with Crippen molar-refractivity contribution in [1.82, 2.24) is 9.97 Å². The van der Waals surface area contributed by atoms with E-state index in [2.05, 4.69) is 25.9 Å². The number of rotatable bonds is 1. The highest BCUT2D eigenvalue weighted by atomic mass is 79.9. The second-order valence-corrected chi connectivity index (χ2v) is 4.14. The number of nitrogens with zero attached hydrogens (tertiary/aromatic N) is 2. The molecule has 0 bridgehead atoms. The molecule has 0 N–H and O–H groups in total. The predicted octanol–water partition coefficient (Wildman–Crippen LogP) is 3.02. The van der Waals surface area contributed by atoms with Crippen LogP contribution in [0, 0.1) is 13.8 Å². The molecule has 0 unspecified atom stereocenters. The van der Waals surface area contributed by atoms with Crippen LogP contribution in [-0.2, 0) is 0 Å². The fourth-order valence-electron chi connectivity index (χ4n) is 1.40. The van der Waals surface area contributed by atoms with Gasteiger partial charge in [-0.3, -0.25) is 0 Å². The number of hydrogen-bond donors (Lipinski definition) is 0.